The molecule has 0 aliphatic rings. The van der Waals surface area contributed by atoms with Crippen LogP contribution in [0, 0.1) is 0 Å². The zero-order valence-electron chi connectivity index (χ0n) is 7.73. The summed E-state index contributed by atoms with van der Waals surface area (Å²) < 4.78 is 0. The minimum atomic E-state index is 0.0280. The molecule has 0 aromatic heterocycles. The molecule has 0 aliphatic heterocycles. The molecule has 1 rings (SSSR count). The number of ketones is 1. The molecule has 0 bridgehead atoms. The van der Waals surface area contributed by atoms with E-state index in [0.29, 0.717) is 16.3 Å². The van der Waals surface area contributed by atoms with Crippen LogP contribution in [0.1, 0.15) is 29.8 Å². The fourth-order valence-electron chi connectivity index (χ4n) is 1.25. The van der Waals surface area contributed by atoms with Crippen molar-refractivity contribution >= 4 is 23.1 Å². The molecule has 13 heavy (non-hydrogen) atoms. The third-order valence-electron chi connectivity index (χ3n) is 1.98. The Morgan fingerprint density at radius 1 is 1.54 bits per heavy atom. The van der Waals surface area contributed by atoms with Crippen LogP contribution in [0.3, 0.4) is 0 Å². The number of carbonyl (C=O) groups excluding carboxylic acids is 1. The summed E-state index contributed by atoms with van der Waals surface area (Å²) in [7, 11) is 0. The lowest BCUT2D eigenvalue weighted by molar-refractivity contribution is 0.101. The average Bonchev–Trinajstić information content (AvgIpc) is 2.08. The number of anilines is 1. The van der Waals surface area contributed by atoms with Gasteiger partial charge >= 0.3 is 0 Å². The molecule has 0 fully saturated rings. The fraction of sp³-hybridized carbons (Fsp3) is 0.300. The molecule has 0 radical (unpaired) electrons. The Hall–Kier alpha value is -1.02. The molecule has 0 heterocycles. The summed E-state index contributed by atoms with van der Waals surface area (Å²) in [5.74, 6) is 0.0280. The Morgan fingerprint density at radius 3 is 2.62 bits per heavy atom. The monoisotopic (exact) mass is 197 g/mol. The van der Waals surface area contributed by atoms with E-state index in [1.165, 1.54) is 6.92 Å². The number of aryl methyl sites for hydroxylation is 1. The third kappa shape index (κ3) is 2.01. The van der Waals surface area contributed by atoms with Gasteiger partial charge in [0.15, 0.2) is 5.78 Å². The fourth-order valence-corrected chi connectivity index (χ4v) is 1.44. The number of benzene rings is 1. The van der Waals surface area contributed by atoms with Gasteiger partial charge in [-0.2, -0.15) is 0 Å². The minimum Gasteiger partial charge on any atom is -0.398 e. The van der Waals surface area contributed by atoms with Crippen molar-refractivity contribution in [2.75, 3.05) is 5.73 Å². The lowest BCUT2D eigenvalue weighted by Crippen LogP contribution is -2.01. The van der Waals surface area contributed by atoms with Gasteiger partial charge in [-0.25, -0.2) is 0 Å². The van der Waals surface area contributed by atoms with Crippen molar-refractivity contribution in [2.45, 2.75) is 20.3 Å². The summed E-state index contributed by atoms with van der Waals surface area (Å²) >= 11 is 5.83. The second kappa shape index (κ2) is 3.79. The minimum absolute atomic E-state index is 0.0280. The van der Waals surface area contributed by atoms with Gasteiger partial charge in [-0.3, -0.25) is 4.79 Å². The van der Waals surface area contributed by atoms with E-state index in [4.69, 9.17) is 17.3 Å². The molecule has 2 nitrogen and oxygen atoms in total. The molecular weight excluding hydrogens is 186 g/mol. The smallest absolute Gasteiger partial charge is 0.160 e. The Labute approximate surface area is 82.7 Å². The maximum Gasteiger partial charge on any atom is 0.160 e. The summed E-state index contributed by atoms with van der Waals surface area (Å²) in [5.41, 5.74) is 7.68. The zero-order chi connectivity index (χ0) is 10.0. The van der Waals surface area contributed by atoms with Crippen molar-refractivity contribution in [2.24, 2.45) is 0 Å². The van der Waals surface area contributed by atoms with Crippen LogP contribution in [-0.4, -0.2) is 5.78 Å². The number of hydrogen-bond acceptors (Lipinski definition) is 2. The van der Waals surface area contributed by atoms with E-state index < -0.39 is 0 Å². The van der Waals surface area contributed by atoms with Crippen molar-refractivity contribution < 1.29 is 4.79 Å². The van der Waals surface area contributed by atoms with Crippen LogP contribution in [0.4, 0.5) is 5.69 Å². The molecule has 0 aliphatic carbocycles. The quantitative estimate of drug-likeness (QED) is 0.585. The van der Waals surface area contributed by atoms with E-state index in [0.717, 1.165) is 12.0 Å². The van der Waals surface area contributed by atoms with Gasteiger partial charge in [0.05, 0.1) is 10.7 Å². The van der Waals surface area contributed by atoms with Gasteiger partial charge in [-0.1, -0.05) is 18.5 Å². The van der Waals surface area contributed by atoms with Crippen LogP contribution in [-0.2, 0) is 6.42 Å². The molecule has 0 saturated carbocycles. The van der Waals surface area contributed by atoms with Gasteiger partial charge in [0.1, 0.15) is 0 Å². The largest absolute Gasteiger partial charge is 0.398 e. The number of halogens is 1. The number of rotatable bonds is 2. The lowest BCUT2D eigenvalue weighted by Gasteiger charge is -2.07. The van der Waals surface area contributed by atoms with E-state index >= 15 is 0 Å². The van der Waals surface area contributed by atoms with Gasteiger partial charge < -0.3 is 5.73 Å². The van der Waals surface area contributed by atoms with E-state index in [9.17, 15) is 4.79 Å². The molecule has 0 unspecified atom stereocenters. The number of nitrogen functional groups attached to an aromatic ring is 1. The van der Waals surface area contributed by atoms with Crippen molar-refractivity contribution in [1.82, 2.24) is 0 Å². The standard InChI is InChI=1S/C10H12ClNO/c1-3-7-4-9(11)10(12)5-8(7)6(2)13/h4-5H,3,12H2,1-2H3. The van der Waals surface area contributed by atoms with Crippen LogP contribution >= 0.6 is 11.6 Å². The van der Waals surface area contributed by atoms with E-state index in [1.54, 1.807) is 12.1 Å². The molecule has 0 amide bonds. The second-order valence-corrected chi connectivity index (χ2v) is 3.35. The highest BCUT2D eigenvalue weighted by Gasteiger charge is 2.08. The van der Waals surface area contributed by atoms with Gasteiger partial charge in [0.2, 0.25) is 0 Å². The molecule has 70 valence electrons. The predicted molar refractivity (Wildman–Crippen MR) is 55.2 cm³/mol. The normalized spacial score (nSPS) is 10.1. The van der Waals surface area contributed by atoms with Gasteiger partial charge in [0, 0.05) is 5.56 Å². The SMILES string of the molecule is CCc1cc(Cl)c(N)cc1C(C)=O. The first kappa shape index (κ1) is 10.1. The third-order valence-corrected chi connectivity index (χ3v) is 2.31. The summed E-state index contributed by atoms with van der Waals surface area (Å²) in [4.78, 5) is 11.2. The molecule has 3 heteroatoms. The van der Waals surface area contributed by atoms with Crippen molar-refractivity contribution in [3.63, 3.8) is 0 Å². The maximum atomic E-state index is 11.2. The van der Waals surface area contributed by atoms with Crippen LogP contribution < -0.4 is 5.73 Å². The van der Waals surface area contributed by atoms with E-state index in [1.807, 2.05) is 6.92 Å². The molecule has 1 aromatic rings. The highest BCUT2D eigenvalue weighted by atomic mass is 35.5. The highest BCUT2D eigenvalue weighted by molar-refractivity contribution is 6.33. The van der Waals surface area contributed by atoms with Crippen LogP contribution in [0.25, 0.3) is 0 Å². The number of nitrogens with two attached hydrogens (primary N) is 1. The van der Waals surface area contributed by atoms with Crippen LogP contribution in [0.5, 0.6) is 0 Å². The van der Waals surface area contributed by atoms with Gasteiger partial charge in [-0.15, -0.1) is 0 Å². The van der Waals surface area contributed by atoms with Crippen molar-refractivity contribution in [3.05, 3.63) is 28.3 Å². The average molecular weight is 198 g/mol. The summed E-state index contributed by atoms with van der Waals surface area (Å²) in [5, 5.41) is 0.516. The Bertz CT molecular complexity index is 347. The highest BCUT2D eigenvalue weighted by Crippen LogP contribution is 2.24. The van der Waals surface area contributed by atoms with Crippen molar-refractivity contribution in [3.8, 4) is 0 Å². The van der Waals surface area contributed by atoms with Crippen LogP contribution in [0.15, 0.2) is 12.1 Å². The molecule has 0 spiro atoms. The van der Waals surface area contributed by atoms with Crippen molar-refractivity contribution in [1.29, 1.82) is 0 Å². The van der Waals surface area contributed by atoms with E-state index in [2.05, 4.69) is 0 Å². The number of hydrogen-bond donors (Lipinski definition) is 1. The molecule has 1 aromatic carbocycles. The summed E-state index contributed by atoms with van der Waals surface area (Å²) in [6.45, 7) is 3.51. The van der Waals surface area contributed by atoms with Gasteiger partial charge in [0.25, 0.3) is 0 Å². The van der Waals surface area contributed by atoms with Gasteiger partial charge in [-0.05, 0) is 31.0 Å². The Balaban J connectivity index is 3.33. The summed E-state index contributed by atoms with van der Waals surface area (Å²) in [6.07, 6.45) is 0.787. The topological polar surface area (TPSA) is 43.1 Å². The summed E-state index contributed by atoms with van der Waals surface area (Å²) in [6, 6.07) is 3.40. The first-order valence-corrected chi connectivity index (χ1v) is 4.53. The second-order valence-electron chi connectivity index (χ2n) is 2.94. The Kier molecular flexibility index (Phi) is 2.94. The molecular formula is C10H12ClNO. The first-order valence-electron chi connectivity index (χ1n) is 4.15. The molecule has 0 atom stereocenters. The predicted octanol–water partition coefficient (Wildman–Crippen LogP) is 2.69. The van der Waals surface area contributed by atoms with Crippen LogP contribution in [0.2, 0.25) is 5.02 Å². The Morgan fingerprint density at radius 2 is 2.15 bits per heavy atom. The number of Topliss-reactive ketones (excluding diaryl/α,β-unsaturated/α-hetero) is 1. The first-order chi connectivity index (χ1) is 6.06. The number of carbonyl (C=O) groups is 1. The molecule has 0 saturated heterocycles. The molecule has 2 N–H and O–H groups in total. The zero-order valence-corrected chi connectivity index (χ0v) is 8.48. The maximum absolute atomic E-state index is 11.2. The van der Waals surface area contributed by atoms with E-state index in [-0.39, 0.29) is 5.78 Å². The lowest BCUT2D eigenvalue weighted by atomic mass is 10.0.